The second-order valence-corrected chi connectivity index (χ2v) is 6.90. The third-order valence-electron chi connectivity index (χ3n) is 3.46. The average molecular weight is 271 g/mol. The van der Waals surface area contributed by atoms with E-state index in [1.807, 2.05) is 6.92 Å². The molecule has 2 rings (SSSR count). The second-order valence-electron chi connectivity index (χ2n) is 4.82. The Balaban J connectivity index is 2.41. The maximum absolute atomic E-state index is 13.3. The molecule has 1 aliphatic rings. The van der Waals surface area contributed by atoms with E-state index in [1.54, 1.807) is 0 Å². The number of nitrogens with one attached hydrogen (secondary N) is 1. The lowest BCUT2D eigenvalue weighted by Crippen LogP contribution is -2.35. The highest BCUT2D eigenvalue weighted by Gasteiger charge is 2.30. The van der Waals surface area contributed by atoms with Crippen molar-refractivity contribution in [1.82, 2.24) is 5.32 Å². The van der Waals surface area contributed by atoms with Gasteiger partial charge in [0.2, 0.25) is 0 Å². The first-order valence-corrected chi connectivity index (χ1v) is 7.87. The second kappa shape index (κ2) is 4.97. The molecular weight excluding hydrogens is 253 g/mol. The first-order chi connectivity index (χ1) is 8.44. The van der Waals surface area contributed by atoms with Crippen LogP contribution in [0.1, 0.15) is 38.3 Å². The van der Waals surface area contributed by atoms with Crippen LogP contribution in [-0.2, 0) is 9.84 Å². The fraction of sp³-hybridized carbons (Fsp3) is 0.538. The third kappa shape index (κ3) is 2.57. The monoisotopic (exact) mass is 271 g/mol. The van der Waals surface area contributed by atoms with Gasteiger partial charge in [0.15, 0.2) is 9.84 Å². The van der Waals surface area contributed by atoms with Gasteiger partial charge in [-0.2, -0.15) is 0 Å². The van der Waals surface area contributed by atoms with Crippen molar-refractivity contribution in [3.05, 3.63) is 29.6 Å². The van der Waals surface area contributed by atoms with Gasteiger partial charge in [-0.1, -0.05) is 6.92 Å². The normalized spacial score (nSPS) is 23.4. The molecule has 1 aliphatic heterocycles. The minimum Gasteiger partial charge on any atom is -0.307 e. The Hall–Kier alpha value is -0.940. The van der Waals surface area contributed by atoms with Crippen LogP contribution in [0.4, 0.5) is 4.39 Å². The predicted octanol–water partition coefficient (Wildman–Crippen LogP) is 2.43. The topological polar surface area (TPSA) is 46.2 Å². The van der Waals surface area contributed by atoms with Crippen molar-refractivity contribution in [1.29, 1.82) is 0 Å². The van der Waals surface area contributed by atoms with E-state index in [2.05, 4.69) is 12.2 Å². The molecule has 0 spiro atoms. The molecule has 0 fully saturated rings. The number of halogens is 1. The van der Waals surface area contributed by atoms with Crippen molar-refractivity contribution in [2.75, 3.05) is 5.75 Å². The fourth-order valence-corrected chi connectivity index (χ4v) is 3.85. The van der Waals surface area contributed by atoms with Gasteiger partial charge in [-0.25, -0.2) is 12.8 Å². The molecule has 1 N–H and O–H groups in total. The van der Waals surface area contributed by atoms with Gasteiger partial charge < -0.3 is 5.32 Å². The van der Waals surface area contributed by atoms with Crippen LogP contribution in [0.2, 0.25) is 0 Å². The van der Waals surface area contributed by atoms with Crippen molar-refractivity contribution >= 4 is 9.84 Å². The molecule has 0 saturated heterocycles. The number of sulfone groups is 1. The average Bonchev–Trinajstić information content (AvgIpc) is 2.32. The zero-order chi connectivity index (χ0) is 13.3. The van der Waals surface area contributed by atoms with Gasteiger partial charge in [0.1, 0.15) is 5.82 Å². The molecule has 0 aliphatic carbocycles. The van der Waals surface area contributed by atoms with Crippen LogP contribution < -0.4 is 5.32 Å². The van der Waals surface area contributed by atoms with Crippen LogP contribution in [0.15, 0.2) is 23.1 Å². The number of hydrogen-bond acceptors (Lipinski definition) is 3. The summed E-state index contributed by atoms with van der Waals surface area (Å²) in [6.07, 6.45) is 1.46. The number of rotatable bonds is 3. The Morgan fingerprint density at radius 2 is 2.22 bits per heavy atom. The molecule has 5 heteroatoms. The summed E-state index contributed by atoms with van der Waals surface area (Å²) in [6.45, 7) is 4.10. The Kier molecular flexibility index (Phi) is 3.73. The highest BCUT2D eigenvalue weighted by molar-refractivity contribution is 7.91. The lowest BCUT2D eigenvalue weighted by atomic mass is 10.0. The Bertz CT molecular complexity index is 542. The van der Waals surface area contributed by atoms with E-state index in [9.17, 15) is 12.8 Å². The maximum atomic E-state index is 13.3. The summed E-state index contributed by atoms with van der Waals surface area (Å²) >= 11 is 0. The van der Waals surface area contributed by atoms with E-state index in [1.165, 1.54) is 18.2 Å². The minimum atomic E-state index is -3.24. The molecule has 18 heavy (non-hydrogen) atoms. The van der Waals surface area contributed by atoms with Crippen molar-refractivity contribution in [3.8, 4) is 0 Å². The van der Waals surface area contributed by atoms with Gasteiger partial charge in [-0.05, 0) is 43.5 Å². The lowest BCUT2D eigenvalue weighted by Gasteiger charge is -2.28. The van der Waals surface area contributed by atoms with E-state index < -0.39 is 9.84 Å². The van der Waals surface area contributed by atoms with Gasteiger partial charge in [0.25, 0.3) is 0 Å². The number of hydrogen-bond donors (Lipinski definition) is 1. The van der Waals surface area contributed by atoms with Gasteiger partial charge in [-0.15, -0.1) is 0 Å². The summed E-state index contributed by atoms with van der Waals surface area (Å²) in [5.74, 6) is -0.262. The van der Waals surface area contributed by atoms with Crippen molar-refractivity contribution < 1.29 is 12.8 Å². The summed E-state index contributed by atoms with van der Waals surface area (Å²) in [4.78, 5) is 0.274. The Morgan fingerprint density at radius 3 is 2.89 bits per heavy atom. The first-order valence-electron chi connectivity index (χ1n) is 6.22. The predicted molar refractivity (Wildman–Crippen MR) is 68.7 cm³/mol. The highest BCUT2D eigenvalue weighted by Crippen LogP contribution is 2.33. The molecule has 0 saturated carbocycles. The molecule has 100 valence electrons. The van der Waals surface area contributed by atoms with Gasteiger partial charge in [0, 0.05) is 12.1 Å². The van der Waals surface area contributed by atoms with E-state index in [4.69, 9.17) is 0 Å². The SMILES string of the molecule is CCC(C)NC1CCS(=O)(=O)c2ccc(F)cc21. The molecule has 0 radical (unpaired) electrons. The molecule has 2 atom stereocenters. The Labute approximate surface area is 107 Å². The highest BCUT2D eigenvalue weighted by atomic mass is 32.2. The molecule has 1 aromatic carbocycles. The van der Waals surface area contributed by atoms with E-state index in [0.29, 0.717) is 12.0 Å². The maximum Gasteiger partial charge on any atom is 0.178 e. The largest absolute Gasteiger partial charge is 0.307 e. The molecule has 0 amide bonds. The van der Waals surface area contributed by atoms with Crippen LogP contribution in [0, 0.1) is 5.82 Å². The van der Waals surface area contributed by atoms with Crippen LogP contribution >= 0.6 is 0 Å². The van der Waals surface area contributed by atoms with Crippen molar-refractivity contribution in [2.45, 2.75) is 43.7 Å². The van der Waals surface area contributed by atoms with Crippen LogP contribution in [-0.4, -0.2) is 20.2 Å². The molecule has 1 aromatic rings. The van der Waals surface area contributed by atoms with Crippen molar-refractivity contribution in [2.24, 2.45) is 0 Å². The fourth-order valence-electron chi connectivity index (χ4n) is 2.25. The van der Waals surface area contributed by atoms with Crippen LogP contribution in [0.25, 0.3) is 0 Å². The Morgan fingerprint density at radius 1 is 1.50 bits per heavy atom. The van der Waals surface area contributed by atoms with Crippen molar-refractivity contribution in [3.63, 3.8) is 0 Å². The standard InChI is InChI=1S/C13H18FNO2S/c1-3-9(2)15-12-6-7-18(16,17)13-5-4-10(14)8-11(12)13/h4-5,8-9,12,15H,3,6-7H2,1-2H3. The molecule has 2 unspecified atom stereocenters. The molecule has 1 heterocycles. The summed E-state index contributed by atoms with van der Waals surface area (Å²) < 4.78 is 37.2. The molecule has 0 bridgehead atoms. The molecular formula is C13H18FNO2S. The van der Waals surface area contributed by atoms with Crippen LogP contribution in [0.3, 0.4) is 0 Å². The summed E-state index contributed by atoms with van der Waals surface area (Å²) in [7, 11) is -3.24. The number of benzene rings is 1. The van der Waals surface area contributed by atoms with E-state index in [-0.39, 0.29) is 28.5 Å². The third-order valence-corrected chi connectivity index (χ3v) is 5.27. The van der Waals surface area contributed by atoms with Crippen LogP contribution in [0.5, 0.6) is 0 Å². The quantitative estimate of drug-likeness (QED) is 0.859. The summed E-state index contributed by atoms with van der Waals surface area (Å²) in [5, 5.41) is 3.36. The zero-order valence-electron chi connectivity index (χ0n) is 10.6. The molecule has 3 nitrogen and oxygen atoms in total. The summed E-state index contributed by atoms with van der Waals surface area (Å²) in [6, 6.07) is 4.14. The lowest BCUT2D eigenvalue weighted by molar-refractivity contribution is 0.423. The molecule has 0 aromatic heterocycles. The van der Waals surface area contributed by atoms with Gasteiger partial charge in [0.05, 0.1) is 10.6 Å². The van der Waals surface area contributed by atoms with Gasteiger partial charge >= 0.3 is 0 Å². The summed E-state index contributed by atoms with van der Waals surface area (Å²) in [5.41, 5.74) is 0.571. The minimum absolute atomic E-state index is 0.0748. The van der Waals surface area contributed by atoms with E-state index in [0.717, 1.165) is 6.42 Å². The zero-order valence-corrected chi connectivity index (χ0v) is 11.4. The first kappa shape index (κ1) is 13.5. The number of fused-ring (bicyclic) bond motifs is 1. The smallest absolute Gasteiger partial charge is 0.178 e. The van der Waals surface area contributed by atoms with E-state index >= 15 is 0 Å². The van der Waals surface area contributed by atoms with Gasteiger partial charge in [-0.3, -0.25) is 0 Å².